The average molecular weight is 434 g/mol. The van der Waals surface area contributed by atoms with E-state index in [1.165, 1.54) is 5.56 Å². The third-order valence-corrected chi connectivity index (χ3v) is 5.39. The maximum absolute atomic E-state index is 12.2. The second-order valence-corrected chi connectivity index (χ2v) is 8.13. The predicted molar refractivity (Wildman–Crippen MR) is 128 cm³/mol. The Balaban J connectivity index is 1.38. The van der Waals surface area contributed by atoms with Crippen LogP contribution in [0, 0.1) is 0 Å². The van der Waals surface area contributed by atoms with E-state index in [9.17, 15) is 4.79 Å². The fraction of sp³-hybridized carbons (Fsp3) is 0.296. The van der Waals surface area contributed by atoms with Gasteiger partial charge in [0.15, 0.2) is 6.61 Å². The second kappa shape index (κ2) is 11.2. The number of carbonyl (C=O) groups is 1. The first kappa shape index (κ1) is 23.2. The Morgan fingerprint density at radius 2 is 1.28 bits per heavy atom. The van der Waals surface area contributed by atoms with Crippen LogP contribution in [0.25, 0.3) is 0 Å². The number of benzene rings is 3. The van der Waals surface area contributed by atoms with Crippen molar-refractivity contribution in [1.82, 2.24) is 0 Å². The van der Waals surface area contributed by atoms with E-state index < -0.39 is 0 Å². The Hall–Kier alpha value is -3.47. The monoisotopic (exact) mass is 433 g/mol. The first-order valence-corrected chi connectivity index (χ1v) is 10.9. The number of anilines is 1. The number of para-hydroxylation sites is 1. The van der Waals surface area contributed by atoms with Crippen LogP contribution >= 0.6 is 0 Å². The molecule has 0 saturated heterocycles. The standard InChI is InChI=1S/C27H31NO4/c1-4-27(2,3)21-10-14-25(15-11-21)32-20-26(29)28-22-12-16-24(17-13-22)31-19-18-30-23-8-6-5-7-9-23/h5-17H,4,18-20H2,1-3H3,(H,28,29). The molecular formula is C27H31NO4. The smallest absolute Gasteiger partial charge is 0.262 e. The van der Waals surface area contributed by atoms with Crippen molar-refractivity contribution < 1.29 is 19.0 Å². The van der Waals surface area contributed by atoms with Crippen LogP contribution in [0.4, 0.5) is 5.69 Å². The number of ether oxygens (including phenoxy) is 3. The normalized spacial score (nSPS) is 11.0. The molecule has 3 aromatic carbocycles. The molecule has 5 nitrogen and oxygen atoms in total. The van der Waals surface area contributed by atoms with Crippen LogP contribution in [0.15, 0.2) is 78.9 Å². The number of hydrogen-bond donors (Lipinski definition) is 1. The summed E-state index contributed by atoms with van der Waals surface area (Å²) in [5.74, 6) is 1.99. The second-order valence-electron chi connectivity index (χ2n) is 8.13. The van der Waals surface area contributed by atoms with E-state index in [4.69, 9.17) is 14.2 Å². The fourth-order valence-corrected chi connectivity index (χ4v) is 3.02. The highest BCUT2D eigenvalue weighted by Gasteiger charge is 2.17. The molecule has 0 bridgehead atoms. The third-order valence-electron chi connectivity index (χ3n) is 5.39. The Bertz CT molecular complexity index is 967. The van der Waals surface area contributed by atoms with Gasteiger partial charge in [0.05, 0.1) is 0 Å². The van der Waals surface area contributed by atoms with Gasteiger partial charge < -0.3 is 19.5 Å². The topological polar surface area (TPSA) is 56.8 Å². The minimum absolute atomic E-state index is 0.0500. The Morgan fingerprint density at radius 1 is 0.750 bits per heavy atom. The molecule has 0 spiro atoms. The first-order chi connectivity index (χ1) is 15.5. The van der Waals surface area contributed by atoms with E-state index in [0.717, 1.165) is 12.2 Å². The first-order valence-electron chi connectivity index (χ1n) is 10.9. The fourth-order valence-electron chi connectivity index (χ4n) is 3.02. The molecule has 0 heterocycles. The molecule has 3 aromatic rings. The maximum Gasteiger partial charge on any atom is 0.262 e. The van der Waals surface area contributed by atoms with Crippen molar-refractivity contribution in [2.45, 2.75) is 32.6 Å². The lowest BCUT2D eigenvalue weighted by atomic mass is 9.82. The summed E-state index contributed by atoms with van der Waals surface area (Å²) in [6.07, 6.45) is 1.06. The molecule has 1 amide bonds. The molecule has 0 aromatic heterocycles. The quantitative estimate of drug-likeness (QED) is 0.386. The summed E-state index contributed by atoms with van der Waals surface area (Å²) in [6, 6.07) is 24.8. The zero-order valence-electron chi connectivity index (χ0n) is 19.0. The number of carbonyl (C=O) groups excluding carboxylic acids is 1. The summed E-state index contributed by atoms with van der Waals surface area (Å²) in [5.41, 5.74) is 2.07. The van der Waals surface area contributed by atoms with Crippen LogP contribution in [0.1, 0.15) is 32.8 Å². The highest BCUT2D eigenvalue weighted by atomic mass is 16.5. The van der Waals surface area contributed by atoms with Crippen molar-refractivity contribution in [3.05, 3.63) is 84.4 Å². The SMILES string of the molecule is CCC(C)(C)c1ccc(OCC(=O)Nc2ccc(OCCOc3ccccc3)cc2)cc1. The molecule has 0 atom stereocenters. The largest absolute Gasteiger partial charge is 0.490 e. The molecule has 0 unspecified atom stereocenters. The summed E-state index contributed by atoms with van der Waals surface area (Å²) >= 11 is 0. The molecule has 5 heteroatoms. The van der Waals surface area contributed by atoms with Crippen molar-refractivity contribution in [2.75, 3.05) is 25.1 Å². The van der Waals surface area contributed by atoms with E-state index in [1.807, 2.05) is 54.6 Å². The summed E-state index contributed by atoms with van der Waals surface area (Å²) in [6.45, 7) is 7.44. The Morgan fingerprint density at radius 3 is 1.88 bits per heavy atom. The number of rotatable bonds is 11. The van der Waals surface area contributed by atoms with E-state index >= 15 is 0 Å². The van der Waals surface area contributed by atoms with Crippen molar-refractivity contribution in [3.63, 3.8) is 0 Å². The number of hydrogen-bond acceptors (Lipinski definition) is 4. The van der Waals surface area contributed by atoms with E-state index in [0.29, 0.717) is 30.4 Å². The molecule has 3 rings (SSSR count). The van der Waals surface area contributed by atoms with Gasteiger partial charge in [0.25, 0.3) is 5.91 Å². The minimum Gasteiger partial charge on any atom is -0.490 e. The van der Waals surface area contributed by atoms with Crippen LogP contribution in [0.5, 0.6) is 17.2 Å². The van der Waals surface area contributed by atoms with Gasteiger partial charge in [-0.15, -0.1) is 0 Å². The van der Waals surface area contributed by atoms with Gasteiger partial charge in [-0.2, -0.15) is 0 Å². The van der Waals surface area contributed by atoms with Crippen molar-refractivity contribution in [2.24, 2.45) is 0 Å². The lowest BCUT2D eigenvalue weighted by molar-refractivity contribution is -0.118. The number of amides is 1. The molecule has 0 aliphatic carbocycles. The molecule has 0 aliphatic heterocycles. The highest BCUT2D eigenvalue weighted by molar-refractivity contribution is 5.91. The molecule has 0 radical (unpaired) electrons. The van der Waals surface area contributed by atoms with Gasteiger partial charge in [-0.3, -0.25) is 4.79 Å². The van der Waals surface area contributed by atoms with Crippen LogP contribution in [0.3, 0.4) is 0 Å². The Kier molecular flexibility index (Phi) is 8.14. The third kappa shape index (κ3) is 7.05. The van der Waals surface area contributed by atoms with Gasteiger partial charge in [0, 0.05) is 5.69 Å². The van der Waals surface area contributed by atoms with Crippen LogP contribution in [0.2, 0.25) is 0 Å². The summed E-state index contributed by atoms with van der Waals surface area (Å²) < 4.78 is 16.9. The predicted octanol–water partition coefficient (Wildman–Crippen LogP) is 5.85. The van der Waals surface area contributed by atoms with E-state index in [2.05, 4.69) is 38.2 Å². The highest BCUT2D eigenvalue weighted by Crippen LogP contribution is 2.28. The zero-order chi connectivity index (χ0) is 22.8. The van der Waals surface area contributed by atoms with Crippen LogP contribution in [-0.2, 0) is 10.2 Å². The Labute approximate surface area is 190 Å². The lowest BCUT2D eigenvalue weighted by Gasteiger charge is -2.23. The van der Waals surface area contributed by atoms with Gasteiger partial charge >= 0.3 is 0 Å². The summed E-state index contributed by atoms with van der Waals surface area (Å²) in [7, 11) is 0. The molecule has 32 heavy (non-hydrogen) atoms. The van der Waals surface area contributed by atoms with Crippen LogP contribution in [-0.4, -0.2) is 25.7 Å². The average Bonchev–Trinajstić information content (AvgIpc) is 2.82. The van der Waals surface area contributed by atoms with Crippen molar-refractivity contribution in [1.29, 1.82) is 0 Å². The van der Waals surface area contributed by atoms with E-state index in [1.54, 1.807) is 12.1 Å². The molecule has 0 fully saturated rings. The van der Waals surface area contributed by atoms with Gasteiger partial charge in [-0.1, -0.05) is 51.1 Å². The van der Waals surface area contributed by atoms with Crippen molar-refractivity contribution in [3.8, 4) is 17.2 Å². The summed E-state index contributed by atoms with van der Waals surface area (Å²) in [5, 5.41) is 2.83. The molecule has 1 N–H and O–H groups in total. The van der Waals surface area contributed by atoms with E-state index in [-0.39, 0.29) is 17.9 Å². The summed E-state index contributed by atoms with van der Waals surface area (Å²) in [4.78, 5) is 12.2. The molecular weight excluding hydrogens is 402 g/mol. The molecule has 0 aliphatic rings. The van der Waals surface area contributed by atoms with Crippen LogP contribution < -0.4 is 19.5 Å². The van der Waals surface area contributed by atoms with Gasteiger partial charge in [0.1, 0.15) is 30.5 Å². The lowest BCUT2D eigenvalue weighted by Crippen LogP contribution is -2.20. The number of nitrogens with one attached hydrogen (secondary N) is 1. The zero-order valence-corrected chi connectivity index (χ0v) is 19.0. The van der Waals surface area contributed by atoms with Crippen molar-refractivity contribution >= 4 is 11.6 Å². The maximum atomic E-state index is 12.2. The molecule has 168 valence electrons. The van der Waals surface area contributed by atoms with Gasteiger partial charge in [-0.25, -0.2) is 0 Å². The van der Waals surface area contributed by atoms with Gasteiger partial charge in [0.2, 0.25) is 0 Å². The minimum atomic E-state index is -0.215. The molecule has 0 saturated carbocycles. The van der Waals surface area contributed by atoms with Gasteiger partial charge in [-0.05, 0) is 65.9 Å².